The van der Waals surface area contributed by atoms with Crippen LogP contribution in [-0.4, -0.2) is 53.2 Å². The standard InChI is InChI=1S/C36H44N4O2S/c1-5-28(6-2)29-11-17-33(18-12-29)40(26(3)4)23-27-7-9-30(10-8-27)34-25-43-35(37-34)24-38-19-21-39(22-20-38)32-15-13-31(14-16-32)36(41)42/h7-18,25-26,28H,5-6,19-24H2,1-4H3,(H,41,42). The van der Waals surface area contributed by atoms with Crippen LogP contribution < -0.4 is 9.80 Å². The van der Waals surface area contributed by atoms with E-state index in [9.17, 15) is 4.79 Å². The number of carboxylic acids is 1. The average Bonchev–Trinajstić information content (AvgIpc) is 3.50. The highest BCUT2D eigenvalue weighted by Gasteiger charge is 2.19. The first kappa shape index (κ1) is 30.8. The Balaban J connectivity index is 1.16. The van der Waals surface area contributed by atoms with Gasteiger partial charge in [-0.15, -0.1) is 11.3 Å². The van der Waals surface area contributed by atoms with Crippen molar-refractivity contribution in [3.63, 3.8) is 0 Å². The lowest BCUT2D eigenvalue weighted by Gasteiger charge is -2.35. The summed E-state index contributed by atoms with van der Waals surface area (Å²) < 4.78 is 0. The van der Waals surface area contributed by atoms with Crippen molar-refractivity contribution < 1.29 is 9.90 Å². The van der Waals surface area contributed by atoms with Crippen LogP contribution in [0.25, 0.3) is 11.3 Å². The molecule has 1 aliphatic rings. The smallest absolute Gasteiger partial charge is 0.335 e. The summed E-state index contributed by atoms with van der Waals surface area (Å²) in [6.45, 7) is 14.5. The molecule has 43 heavy (non-hydrogen) atoms. The number of hydrogen-bond acceptors (Lipinski definition) is 6. The molecule has 5 rings (SSSR count). The van der Waals surface area contributed by atoms with Crippen LogP contribution in [0.4, 0.5) is 11.4 Å². The molecule has 1 N–H and O–H groups in total. The average molecular weight is 597 g/mol. The normalized spacial score (nSPS) is 14.0. The predicted octanol–water partition coefficient (Wildman–Crippen LogP) is 8.15. The minimum Gasteiger partial charge on any atom is -0.478 e. The van der Waals surface area contributed by atoms with Gasteiger partial charge in [-0.25, -0.2) is 9.78 Å². The van der Waals surface area contributed by atoms with E-state index >= 15 is 0 Å². The van der Waals surface area contributed by atoms with Crippen molar-refractivity contribution in [3.05, 3.63) is 99.9 Å². The molecule has 6 nitrogen and oxygen atoms in total. The third-order valence-corrected chi connectivity index (χ3v) is 9.50. The van der Waals surface area contributed by atoms with E-state index in [4.69, 9.17) is 10.1 Å². The molecule has 1 aliphatic heterocycles. The quantitative estimate of drug-likeness (QED) is 0.178. The number of hydrogen-bond donors (Lipinski definition) is 1. The maximum absolute atomic E-state index is 11.1. The molecule has 0 spiro atoms. The van der Waals surface area contributed by atoms with Gasteiger partial charge in [-0.1, -0.05) is 50.2 Å². The molecule has 7 heteroatoms. The number of rotatable bonds is 12. The molecule has 3 aromatic carbocycles. The monoisotopic (exact) mass is 596 g/mol. The summed E-state index contributed by atoms with van der Waals surface area (Å²) in [5, 5.41) is 12.5. The van der Waals surface area contributed by atoms with Gasteiger partial charge in [0.15, 0.2) is 0 Å². The number of nitrogens with zero attached hydrogens (tertiary/aromatic N) is 4. The van der Waals surface area contributed by atoms with Gasteiger partial charge in [0.2, 0.25) is 0 Å². The topological polar surface area (TPSA) is 59.9 Å². The van der Waals surface area contributed by atoms with Gasteiger partial charge >= 0.3 is 5.97 Å². The highest BCUT2D eigenvalue weighted by molar-refractivity contribution is 7.09. The molecule has 0 saturated carbocycles. The van der Waals surface area contributed by atoms with Gasteiger partial charge in [0.1, 0.15) is 5.01 Å². The van der Waals surface area contributed by atoms with Crippen molar-refractivity contribution >= 4 is 28.7 Å². The molecule has 2 heterocycles. The number of benzene rings is 3. The van der Waals surface area contributed by atoms with Crippen LogP contribution in [-0.2, 0) is 13.1 Å². The maximum atomic E-state index is 11.1. The second kappa shape index (κ2) is 14.2. The fraction of sp³-hybridized carbons (Fsp3) is 0.389. The Morgan fingerprint density at radius 3 is 2.14 bits per heavy atom. The molecular formula is C36H44N4O2S. The number of carbonyl (C=O) groups is 1. The molecular weight excluding hydrogens is 552 g/mol. The highest BCUT2D eigenvalue weighted by atomic mass is 32.1. The molecule has 1 saturated heterocycles. The Kier molecular flexibility index (Phi) is 10.2. The van der Waals surface area contributed by atoms with Crippen molar-refractivity contribution in [3.8, 4) is 11.3 Å². The predicted molar refractivity (Wildman–Crippen MR) is 180 cm³/mol. The molecule has 0 radical (unpaired) electrons. The Labute approximate surface area is 260 Å². The van der Waals surface area contributed by atoms with E-state index in [1.54, 1.807) is 23.5 Å². The van der Waals surface area contributed by atoms with Crippen molar-refractivity contribution in [1.29, 1.82) is 0 Å². The lowest BCUT2D eigenvalue weighted by Crippen LogP contribution is -2.45. The minimum absolute atomic E-state index is 0.326. The van der Waals surface area contributed by atoms with Gasteiger partial charge < -0.3 is 14.9 Å². The van der Waals surface area contributed by atoms with Crippen LogP contribution in [0.3, 0.4) is 0 Å². The molecule has 0 amide bonds. The zero-order valence-corrected chi connectivity index (χ0v) is 26.7. The van der Waals surface area contributed by atoms with Gasteiger partial charge in [0, 0.05) is 61.1 Å². The van der Waals surface area contributed by atoms with Crippen LogP contribution in [0.5, 0.6) is 0 Å². The summed E-state index contributed by atoms with van der Waals surface area (Å²) in [5.74, 6) is -0.246. The van der Waals surface area contributed by atoms with Gasteiger partial charge in [-0.05, 0) is 80.1 Å². The lowest BCUT2D eigenvalue weighted by molar-refractivity contribution is 0.0697. The summed E-state index contributed by atoms with van der Waals surface area (Å²) >= 11 is 1.73. The Hall–Kier alpha value is -3.68. The fourth-order valence-corrected chi connectivity index (χ4v) is 6.78. The summed E-state index contributed by atoms with van der Waals surface area (Å²) in [5.41, 5.74) is 7.62. The van der Waals surface area contributed by atoms with E-state index in [0.717, 1.165) is 61.2 Å². The molecule has 226 valence electrons. The van der Waals surface area contributed by atoms with Crippen LogP contribution in [0.2, 0.25) is 0 Å². The number of aromatic carboxylic acids is 1. The van der Waals surface area contributed by atoms with E-state index in [0.29, 0.717) is 17.5 Å². The van der Waals surface area contributed by atoms with Crippen molar-refractivity contribution in [1.82, 2.24) is 9.88 Å². The van der Waals surface area contributed by atoms with Crippen molar-refractivity contribution in [2.24, 2.45) is 0 Å². The Morgan fingerprint density at radius 1 is 0.907 bits per heavy atom. The number of aromatic nitrogens is 1. The second-order valence-corrected chi connectivity index (χ2v) is 12.7. The van der Waals surface area contributed by atoms with Crippen LogP contribution in [0.15, 0.2) is 78.2 Å². The van der Waals surface area contributed by atoms with Crippen LogP contribution in [0, 0.1) is 0 Å². The second-order valence-electron chi connectivity index (χ2n) is 11.8. The van der Waals surface area contributed by atoms with Gasteiger partial charge in [0.05, 0.1) is 17.8 Å². The van der Waals surface area contributed by atoms with Crippen molar-refractivity contribution in [2.75, 3.05) is 36.0 Å². The zero-order valence-electron chi connectivity index (χ0n) is 25.9. The maximum Gasteiger partial charge on any atom is 0.335 e. The number of thiazole rings is 1. The van der Waals surface area contributed by atoms with Gasteiger partial charge in [0.25, 0.3) is 0 Å². The highest BCUT2D eigenvalue weighted by Crippen LogP contribution is 2.28. The first-order chi connectivity index (χ1) is 20.8. The molecule has 1 aromatic heterocycles. The lowest BCUT2D eigenvalue weighted by atomic mass is 9.94. The minimum atomic E-state index is -0.887. The summed E-state index contributed by atoms with van der Waals surface area (Å²) in [6, 6.07) is 25.7. The molecule has 4 aromatic rings. The number of piperazine rings is 1. The first-order valence-electron chi connectivity index (χ1n) is 15.6. The third-order valence-electron chi connectivity index (χ3n) is 8.67. The number of carboxylic acid groups (broad SMARTS) is 1. The summed E-state index contributed by atoms with van der Waals surface area (Å²) in [4.78, 5) is 23.4. The third kappa shape index (κ3) is 7.64. The fourth-order valence-electron chi connectivity index (χ4n) is 5.93. The van der Waals surface area contributed by atoms with E-state index in [1.165, 1.54) is 29.7 Å². The van der Waals surface area contributed by atoms with E-state index in [1.807, 2.05) is 12.1 Å². The Morgan fingerprint density at radius 2 is 1.56 bits per heavy atom. The van der Waals surface area contributed by atoms with Crippen LogP contribution in [0.1, 0.15) is 72.9 Å². The van der Waals surface area contributed by atoms with Crippen molar-refractivity contribution in [2.45, 2.75) is 65.6 Å². The van der Waals surface area contributed by atoms with E-state index in [2.05, 4.69) is 96.3 Å². The van der Waals surface area contributed by atoms with Gasteiger partial charge in [-0.3, -0.25) is 4.90 Å². The SMILES string of the molecule is CCC(CC)c1ccc(N(Cc2ccc(-c3csc(CN4CCN(c5ccc(C(=O)O)cc5)CC4)n3)cc2)C(C)C)cc1. The Bertz CT molecular complexity index is 1450. The summed E-state index contributed by atoms with van der Waals surface area (Å²) in [6.07, 6.45) is 2.36. The van der Waals surface area contributed by atoms with Gasteiger partial charge in [-0.2, -0.15) is 0 Å². The molecule has 0 unspecified atom stereocenters. The van der Waals surface area contributed by atoms with E-state index < -0.39 is 5.97 Å². The molecule has 1 fully saturated rings. The molecule has 0 bridgehead atoms. The summed E-state index contributed by atoms with van der Waals surface area (Å²) in [7, 11) is 0. The zero-order chi connectivity index (χ0) is 30.3. The largest absolute Gasteiger partial charge is 0.478 e. The van der Waals surface area contributed by atoms with Crippen LogP contribution >= 0.6 is 11.3 Å². The molecule has 0 atom stereocenters. The first-order valence-corrected chi connectivity index (χ1v) is 16.4. The molecule has 0 aliphatic carbocycles. The number of anilines is 2. The van der Waals surface area contributed by atoms with E-state index in [-0.39, 0.29) is 0 Å².